The van der Waals surface area contributed by atoms with Gasteiger partial charge in [-0.1, -0.05) is 20.3 Å². The third kappa shape index (κ3) is 3.29. The molecule has 2 amide bonds. The van der Waals surface area contributed by atoms with E-state index in [0.29, 0.717) is 18.5 Å². The highest BCUT2D eigenvalue weighted by Crippen LogP contribution is 2.24. The lowest BCUT2D eigenvalue weighted by Crippen LogP contribution is -2.57. The molecule has 2 aliphatic heterocycles. The Hall–Kier alpha value is -0.940. The summed E-state index contributed by atoms with van der Waals surface area (Å²) in [4.78, 5) is 26.3. The first-order valence-electron chi connectivity index (χ1n) is 8.39. The van der Waals surface area contributed by atoms with Crippen molar-refractivity contribution in [3.63, 3.8) is 0 Å². The Kier molecular flexibility index (Phi) is 5.38. The van der Waals surface area contributed by atoms with E-state index in [4.69, 9.17) is 0 Å². The van der Waals surface area contributed by atoms with E-state index in [0.717, 1.165) is 25.7 Å². The molecule has 2 aliphatic rings. The Balaban J connectivity index is 2.05. The number of piperidine rings is 1. The van der Waals surface area contributed by atoms with Gasteiger partial charge in [-0.15, -0.1) is 0 Å². The summed E-state index contributed by atoms with van der Waals surface area (Å²) in [6.07, 6.45) is 5.47. The van der Waals surface area contributed by atoms with Gasteiger partial charge in [0.2, 0.25) is 11.8 Å². The van der Waals surface area contributed by atoms with Crippen molar-refractivity contribution in [2.24, 2.45) is 0 Å². The largest absolute Gasteiger partial charge is 0.278 e. The zero-order valence-corrected chi connectivity index (χ0v) is 13.8. The van der Waals surface area contributed by atoms with Gasteiger partial charge in [0, 0.05) is 18.1 Å². The van der Waals surface area contributed by atoms with Crippen molar-refractivity contribution in [3.05, 3.63) is 0 Å². The molecule has 0 aromatic heterocycles. The van der Waals surface area contributed by atoms with Gasteiger partial charge in [0.1, 0.15) is 6.04 Å². The molecule has 0 radical (unpaired) electrons. The minimum Gasteiger partial charge on any atom is -0.278 e. The van der Waals surface area contributed by atoms with Crippen LogP contribution >= 0.6 is 0 Å². The molecule has 2 fully saturated rings. The van der Waals surface area contributed by atoms with Crippen LogP contribution < -0.4 is 5.43 Å². The minimum absolute atomic E-state index is 0.0245. The highest BCUT2D eigenvalue weighted by molar-refractivity contribution is 6.05. The summed E-state index contributed by atoms with van der Waals surface area (Å²) in [5, 5.41) is 2.19. The van der Waals surface area contributed by atoms with Crippen LogP contribution in [0.25, 0.3) is 0 Å². The number of hydrazine groups is 1. The SMILES string of the molecule is CCC(CC)N1C(=O)CC(NN2C(C)CCCC2C)C1=O. The molecule has 3 atom stereocenters. The van der Waals surface area contributed by atoms with Crippen molar-refractivity contribution in [1.82, 2.24) is 15.3 Å². The Bertz CT molecular complexity index is 385. The van der Waals surface area contributed by atoms with Gasteiger partial charge in [0.05, 0.1) is 6.42 Å². The maximum absolute atomic E-state index is 12.6. The first-order valence-corrected chi connectivity index (χ1v) is 8.39. The average molecular weight is 295 g/mol. The summed E-state index contributed by atoms with van der Waals surface area (Å²) < 4.78 is 0. The molecule has 2 heterocycles. The number of likely N-dealkylation sites (tertiary alicyclic amines) is 1. The third-order valence-corrected chi connectivity index (χ3v) is 4.99. The Morgan fingerprint density at radius 1 is 1.14 bits per heavy atom. The van der Waals surface area contributed by atoms with E-state index < -0.39 is 0 Å². The number of carbonyl (C=O) groups excluding carboxylic acids is 2. The lowest BCUT2D eigenvalue weighted by atomic mass is 9.99. The van der Waals surface area contributed by atoms with Gasteiger partial charge in [0.25, 0.3) is 0 Å². The van der Waals surface area contributed by atoms with E-state index in [1.807, 2.05) is 13.8 Å². The molecule has 3 unspecified atom stereocenters. The van der Waals surface area contributed by atoms with Crippen LogP contribution in [0.5, 0.6) is 0 Å². The average Bonchev–Trinajstić information content (AvgIpc) is 2.72. The predicted octanol–water partition coefficient (Wildman–Crippen LogP) is 2.07. The molecular weight excluding hydrogens is 266 g/mol. The number of carbonyl (C=O) groups is 2. The smallest absolute Gasteiger partial charge is 0.248 e. The first kappa shape index (κ1) is 16.4. The van der Waals surface area contributed by atoms with Crippen molar-refractivity contribution in [2.75, 3.05) is 0 Å². The molecule has 21 heavy (non-hydrogen) atoms. The number of nitrogens with one attached hydrogen (secondary N) is 1. The Morgan fingerprint density at radius 2 is 1.71 bits per heavy atom. The molecule has 0 aromatic carbocycles. The highest BCUT2D eigenvalue weighted by atomic mass is 16.2. The van der Waals surface area contributed by atoms with Crippen LogP contribution in [-0.4, -0.2) is 45.9 Å². The van der Waals surface area contributed by atoms with E-state index >= 15 is 0 Å². The van der Waals surface area contributed by atoms with Gasteiger partial charge in [-0.2, -0.15) is 0 Å². The van der Waals surface area contributed by atoms with E-state index in [1.54, 1.807) is 0 Å². The summed E-state index contributed by atoms with van der Waals surface area (Å²) in [7, 11) is 0. The predicted molar refractivity (Wildman–Crippen MR) is 82.4 cm³/mol. The summed E-state index contributed by atoms with van der Waals surface area (Å²) in [6, 6.07) is 0.506. The van der Waals surface area contributed by atoms with Crippen molar-refractivity contribution >= 4 is 11.8 Å². The highest BCUT2D eigenvalue weighted by Gasteiger charge is 2.43. The van der Waals surface area contributed by atoms with Gasteiger partial charge >= 0.3 is 0 Å². The van der Waals surface area contributed by atoms with Gasteiger partial charge in [0.15, 0.2) is 0 Å². The number of hydrogen-bond acceptors (Lipinski definition) is 4. The molecule has 0 saturated carbocycles. The van der Waals surface area contributed by atoms with Crippen LogP contribution in [0, 0.1) is 0 Å². The number of nitrogens with zero attached hydrogens (tertiary/aromatic N) is 2. The van der Waals surface area contributed by atoms with Gasteiger partial charge in [-0.3, -0.25) is 14.5 Å². The van der Waals surface area contributed by atoms with Gasteiger partial charge in [-0.05, 0) is 39.5 Å². The fourth-order valence-electron chi connectivity index (χ4n) is 3.65. The second-order valence-corrected chi connectivity index (χ2v) is 6.49. The standard InChI is InChI=1S/C16H29N3O2/c1-5-13(6-2)18-15(20)10-14(16(18)21)17-19-11(3)8-7-9-12(19)4/h11-14,17H,5-10H2,1-4H3. The summed E-state index contributed by atoms with van der Waals surface area (Å²) in [5.41, 5.74) is 3.35. The summed E-state index contributed by atoms with van der Waals surface area (Å²) >= 11 is 0. The molecule has 5 nitrogen and oxygen atoms in total. The molecule has 5 heteroatoms. The van der Waals surface area contributed by atoms with Gasteiger partial charge < -0.3 is 0 Å². The van der Waals surface area contributed by atoms with Crippen molar-refractivity contribution < 1.29 is 9.59 Å². The Labute approximate surface area is 128 Å². The molecule has 0 spiro atoms. The first-order chi connectivity index (χ1) is 9.99. The summed E-state index contributed by atoms with van der Waals surface area (Å²) in [6.45, 7) is 8.43. The van der Waals surface area contributed by atoms with Crippen LogP contribution in [0.3, 0.4) is 0 Å². The topological polar surface area (TPSA) is 52.7 Å². The van der Waals surface area contributed by atoms with Gasteiger partial charge in [-0.25, -0.2) is 10.4 Å². The monoisotopic (exact) mass is 295 g/mol. The van der Waals surface area contributed by atoms with Crippen molar-refractivity contribution in [1.29, 1.82) is 0 Å². The van der Waals surface area contributed by atoms with E-state index in [1.165, 1.54) is 11.3 Å². The van der Waals surface area contributed by atoms with Crippen LogP contribution in [0.4, 0.5) is 0 Å². The lowest BCUT2D eigenvalue weighted by Gasteiger charge is -2.40. The lowest BCUT2D eigenvalue weighted by molar-refractivity contribution is -0.142. The van der Waals surface area contributed by atoms with Crippen molar-refractivity contribution in [3.8, 4) is 0 Å². The fourth-order valence-corrected chi connectivity index (χ4v) is 3.65. The molecule has 0 aliphatic carbocycles. The number of rotatable bonds is 5. The molecular formula is C16H29N3O2. The van der Waals surface area contributed by atoms with Crippen LogP contribution in [0.1, 0.15) is 66.2 Å². The number of hydrogen-bond donors (Lipinski definition) is 1. The maximum atomic E-state index is 12.6. The van der Waals surface area contributed by atoms with Crippen LogP contribution in [-0.2, 0) is 9.59 Å². The zero-order chi connectivity index (χ0) is 15.6. The molecule has 120 valence electrons. The minimum atomic E-state index is -0.374. The normalized spacial score (nSPS) is 31.5. The van der Waals surface area contributed by atoms with Crippen LogP contribution in [0.2, 0.25) is 0 Å². The molecule has 0 aromatic rings. The van der Waals surface area contributed by atoms with E-state index in [9.17, 15) is 9.59 Å². The fraction of sp³-hybridized carbons (Fsp3) is 0.875. The third-order valence-electron chi connectivity index (χ3n) is 4.99. The second kappa shape index (κ2) is 6.88. The zero-order valence-electron chi connectivity index (χ0n) is 13.8. The summed E-state index contributed by atoms with van der Waals surface area (Å²) in [5.74, 6) is -0.0674. The van der Waals surface area contributed by atoms with E-state index in [2.05, 4.69) is 24.3 Å². The number of imide groups is 1. The Morgan fingerprint density at radius 3 is 2.24 bits per heavy atom. The van der Waals surface area contributed by atoms with Crippen LogP contribution in [0.15, 0.2) is 0 Å². The maximum Gasteiger partial charge on any atom is 0.248 e. The quantitative estimate of drug-likeness (QED) is 0.789. The molecule has 0 bridgehead atoms. The van der Waals surface area contributed by atoms with E-state index in [-0.39, 0.29) is 23.9 Å². The molecule has 2 rings (SSSR count). The second-order valence-electron chi connectivity index (χ2n) is 6.49. The molecule has 2 saturated heterocycles. The van der Waals surface area contributed by atoms with Crippen molar-refractivity contribution in [2.45, 2.75) is 90.4 Å². The number of amides is 2. The molecule has 1 N–H and O–H groups in total.